The van der Waals surface area contributed by atoms with Crippen molar-refractivity contribution in [2.75, 3.05) is 44.6 Å². The lowest BCUT2D eigenvalue weighted by Gasteiger charge is -2.42. The number of anilines is 1. The van der Waals surface area contributed by atoms with E-state index in [2.05, 4.69) is 35.2 Å². The molecule has 47 heavy (non-hydrogen) atoms. The molecule has 4 amide bonds. The highest BCUT2D eigenvalue weighted by Gasteiger charge is 2.44. The molecule has 2 saturated heterocycles. The van der Waals surface area contributed by atoms with Crippen LogP contribution >= 0.6 is 0 Å². The predicted octanol–water partition coefficient (Wildman–Crippen LogP) is 3.00. The molecule has 0 radical (unpaired) electrons. The zero-order valence-electron chi connectivity index (χ0n) is 26.0. The SMILES string of the molecule is [C-]#[N+]c1ccc2ncnc(NC3CCC(N4CCN(CCOc5ccc6c(c5)C(=O)N(C5CCC(=O)NC5=O)C6=O)CC4)CC3)c2c1. The van der Waals surface area contributed by atoms with E-state index in [0.29, 0.717) is 30.1 Å². The van der Waals surface area contributed by atoms with Crippen LogP contribution < -0.4 is 15.4 Å². The monoisotopic (exact) mass is 636 g/mol. The van der Waals surface area contributed by atoms with E-state index >= 15 is 0 Å². The van der Waals surface area contributed by atoms with Crippen LogP contribution in [0.4, 0.5) is 11.5 Å². The fourth-order valence-corrected chi connectivity index (χ4v) is 7.19. The summed E-state index contributed by atoms with van der Waals surface area (Å²) in [7, 11) is 0. The molecular weight excluding hydrogens is 600 g/mol. The molecule has 0 spiro atoms. The van der Waals surface area contributed by atoms with Gasteiger partial charge >= 0.3 is 0 Å². The largest absolute Gasteiger partial charge is 0.492 e. The van der Waals surface area contributed by atoms with Crippen molar-refractivity contribution in [2.45, 2.75) is 56.7 Å². The topological polar surface area (TPSA) is 141 Å². The molecule has 7 rings (SSSR count). The third-order valence-corrected chi connectivity index (χ3v) is 9.80. The maximum absolute atomic E-state index is 13.1. The number of aromatic nitrogens is 2. The van der Waals surface area contributed by atoms with Gasteiger partial charge in [0.15, 0.2) is 5.69 Å². The Bertz CT molecular complexity index is 1770. The summed E-state index contributed by atoms with van der Waals surface area (Å²) >= 11 is 0. The molecule has 4 heterocycles. The summed E-state index contributed by atoms with van der Waals surface area (Å²) in [5.74, 6) is -0.785. The van der Waals surface area contributed by atoms with E-state index < -0.39 is 29.7 Å². The van der Waals surface area contributed by atoms with Crippen molar-refractivity contribution in [2.24, 2.45) is 0 Å². The van der Waals surface area contributed by atoms with Gasteiger partial charge in [0.1, 0.15) is 30.5 Å². The molecule has 1 unspecified atom stereocenters. The molecular formula is C34H36N8O5. The first-order valence-electron chi connectivity index (χ1n) is 16.2. The molecule has 1 saturated carbocycles. The quantitative estimate of drug-likeness (QED) is 0.280. The lowest BCUT2D eigenvalue weighted by molar-refractivity contribution is -0.136. The number of piperidine rings is 1. The highest BCUT2D eigenvalue weighted by molar-refractivity contribution is 6.23. The minimum atomic E-state index is -0.986. The van der Waals surface area contributed by atoms with Gasteiger partial charge in [-0.05, 0) is 62.4 Å². The fourth-order valence-electron chi connectivity index (χ4n) is 7.19. The van der Waals surface area contributed by atoms with Gasteiger partial charge in [-0.2, -0.15) is 0 Å². The van der Waals surface area contributed by atoms with Gasteiger partial charge in [0.25, 0.3) is 11.8 Å². The van der Waals surface area contributed by atoms with Gasteiger partial charge in [0, 0.05) is 56.6 Å². The summed E-state index contributed by atoms with van der Waals surface area (Å²) in [4.78, 5) is 68.2. The third kappa shape index (κ3) is 6.26. The van der Waals surface area contributed by atoms with Crippen LogP contribution in [0.1, 0.15) is 59.2 Å². The van der Waals surface area contributed by atoms with E-state index in [-0.39, 0.29) is 24.0 Å². The smallest absolute Gasteiger partial charge is 0.262 e. The van der Waals surface area contributed by atoms with Gasteiger partial charge in [-0.25, -0.2) is 14.8 Å². The van der Waals surface area contributed by atoms with Crippen LogP contribution in [-0.2, 0) is 9.59 Å². The first-order valence-corrected chi connectivity index (χ1v) is 16.2. The Hall–Kier alpha value is -4.93. The number of piperazine rings is 1. The summed E-state index contributed by atoms with van der Waals surface area (Å²) in [6.07, 6.45) is 6.15. The number of nitrogens with zero attached hydrogens (tertiary/aromatic N) is 6. The van der Waals surface area contributed by atoms with Gasteiger partial charge in [-0.15, -0.1) is 0 Å². The van der Waals surface area contributed by atoms with Crippen LogP contribution in [-0.4, -0.2) is 106 Å². The molecule has 2 N–H and O–H groups in total. The Balaban J connectivity index is 0.853. The summed E-state index contributed by atoms with van der Waals surface area (Å²) in [5.41, 5.74) is 1.88. The highest BCUT2D eigenvalue weighted by Crippen LogP contribution is 2.31. The number of carbonyl (C=O) groups is 4. The number of carbonyl (C=O) groups excluding carboxylic acids is 4. The Morgan fingerprint density at radius 2 is 1.70 bits per heavy atom. The Morgan fingerprint density at radius 1 is 0.915 bits per heavy atom. The maximum atomic E-state index is 13.1. The number of nitrogens with one attached hydrogen (secondary N) is 2. The number of hydrogen-bond donors (Lipinski definition) is 2. The van der Waals surface area contributed by atoms with Crippen LogP contribution in [0.15, 0.2) is 42.7 Å². The number of fused-ring (bicyclic) bond motifs is 2. The van der Waals surface area contributed by atoms with Gasteiger partial charge in [0.05, 0.1) is 23.2 Å². The molecule has 3 aromatic rings. The zero-order valence-corrected chi connectivity index (χ0v) is 26.0. The highest BCUT2D eigenvalue weighted by atomic mass is 16.5. The van der Waals surface area contributed by atoms with Crippen molar-refractivity contribution >= 4 is 46.0 Å². The van der Waals surface area contributed by atoms with Crippen molar-refractivity contribution in [1.82, 2.24) is 30.0 Å². The van der Waals surface area contributed by atoms with Crippen molar-refractivity contribution < 1.29 is 23.9 Å². The summed E-state index contributed by atoms with van der Waals surface area (Å²) in [6.45, 7) is 12.4. The van der Waals surface area contributed by atoms with Crippen molar-refractivity contribution in [3.8, 4) is 5.75 Å². The van der Waals surface area contributed by atoms with Crippen LogP contribution in [0, 0.1) is 6.57 Å². The molecule has 1 aliphatic carbocycles. The van der Waals surface area contributed by atoms with E-state index in [1.165, 1.54) is 0 Å². The standard InChI is InChI=1S/C34H36N8O5/c1-35-22-4-9-28-27(18-22)31(37-20-36-28)38-21-2-5-23(6-3-21)41-14-12-40(13-15-41)16-17-47-24-7-8-25-26(19-24)34(46)42(33(25)45)29-10-11-30(43)39-32(29)44/h4,7-9,18-21,23,29H,2-3,5-6,10-17H2,(H,36,37,38)(H,39,43,44). The van der Waals surface area contributed by atoms with E-state index in [0.717, 1.165) is 80.0 Å². The van der Waals surface area contributed by atoms with Gasteiger partial charge in [-0.3, -0.25) is 39.2 Å². The molecule has 13 nitrogen and oxygen atoms in total. The third-order valence-electron chi connectivity index (χ3n) is 9.80. The number of hydrogen-bond acceptors (Lipinski definition) is 10. The fraction of sp³-hybridized carbons (Fsp3) is 0.441. The minimum Gasteiger partial charge on any atom is -0.492 e. The predicted molar refractivity (Wildman–Crippen MR) is 172 cm³/mol. The number of ether oxygens (including phenoxy) is 1. The molecule has 3 aliphatic heterocycles. The zero-order chi connectivity index (χ0) is 32.5. The van der Waals surface area contributed by atoms with E-state index in [1.807, 2.05) is 12.1 Å². The van der Waals surface area contributed by atoms with Gasteiger partial charge in [0.2, 0.25) is 11.8 Å². The average Bonchev–Trinajstić information content (AvgIpc) is 3.33. The lowest BCUT2D eigenvalue weighted by Crippen LogP contribution is -2.54. The van der Waals surface area contributed by atoms with Crippen LogP contribution in [0.2, 0.25) is 0 Å². The average molecular weight is 637 g/mol. The summed E-state index contributed by atoms with van der Waals surface area (Å²) in [5, 5.41) is 6.72. The molecule has 242 valence electrons. The van der Waals surface area contributed by atoms with Crippen LogP contribution in [0.5, 0.6) is 5.75 Å². The van der Waals surface area contributed by atoms with Crippen LogP contribution in [0.3, 0.4) is 0 Å². The van der Waals surface area contributed by atoms with E-state index in [9.17, 15) is 19.2 Å². The van der Waals surface area contributed by atoms with Crippen molar-refractivity contribution in [3.05, 3.63) is 65.3 Å². The Kier molecular flexibility index (Phi) is 8.53. The second-order valence-corrected chi connectivity index (χ2v) is 12.6. The van der Waals surface area contributed by atoms with Crippen molar-refractivity contribution in [3.63, 3.8) is 0 Å². The second kappa shape index (κ2) is 13.1. The molecule has 1 atom stereocenters. The number of rotatable bonds is 8. The first kappa shape index (κ1) is 30.7. The van der Waals surface area contributed by atoms with Gasteiger partial charge < -0.3 is 10.1 Å². The number of imide groups is 2. The van der Waals surface area contributed by atoms with E-state index in [1.54, 1.807) is 30.6 Å². The first-order chi connectivity index (χ1) is 22.9. The molecule has 0 bridgehead atoms. The lowest BCUT2D eigenvalue weighted by atomic mass is 9.89. The Morgan fingerprint density at radius 3 is 2.47 bits per heavy atom. The minimum absolute atomic E-state index is 0.0841. The molecule has 1 aromatic heterocycles. The molecule has 4 aliphatic rings. The summed E-state index contributed by atoms with van der Waals surface area (Å²) < 4.78 is 5.99. The molecule has 2 aromatic carbocycles. The number of amides is 4. The summed E-state index contributed by atoms with van der Waals surface area (Å²) in [6, 6.07) is 10.3. The second-order valence-electron chi connectivity index (χ2n) is 12.6. The van der Waals surface area contributed by atoms with E-state index in [4.69, 9.17) is 11.3 Å². The normalized spacial score (nSPS) is 23.8. The molecule has 3 fully saturated rings. The Labute approximate surface area is 272 Å². The maximum Gasteiger partial charge on any atom is 0.262 e. The van der Waals surface area contributed by atoms with Gasteiger partial charge in [-0.1, -0.05) is 6.07 Å². The molecule has 13 heteroatoms. The van der Waals surface area contributed by atoms with Crippen LogP contribution in [0.25, 0.3) is 15.7 Å². The number of benzene rings is 2. The van der Waals surface area contributed by atoms with Crippen molar-refractivity contribution in [1.29, 1.82) is 0 Å².